The topological polar surface area (TPSA) is 75.0 Å². The fourth-order valence-corrected chi connectivity index (χ4v) is 2.20. The Morgan fingerprint density at radius 3 is 2.35 bits per heavy atom. The van der Waals surface area contributed by atoms with Crippen LogP contribution < -0.4 is 5.73 Å². The number of nitrogens with one attached hydrogen (secondary N) is 1. The number of rotatable bonds is 1. The Labute approximate surface area is 101 Å². The molecule has 1 amide bonds. The lowest BCUT2D eigenvalue weighted by Crippen LogP contribution is -2.34. The Kier molecular flexibility index (Phi) is 3.66. The molecule has 0 unspecified atom stereocenters. The largest absolute Gasteiger partial charge is 0.395 e. The zero-order valence-corrected chi connectivity index (χ0v) is 10.3. The highest BCUT2D eigenvalue weighted by Crippen LogP contribution is 2.17. The molecule has 0 bridgehead atoms. The van der Waals surface area contributed by atoms with Crippen LogP contribution in [-0.2, 0) is 0 Å². The van der Waals surface area contributed by atoms with Gasteiger partial charge in [0.1, 0.15) is 0 Å². The summed E-state index contributed by atoms with van der Waals surface area (Å²) in [5, 5.41) is 6.77. The van der Waals surface area contributed by atoms with E-state index in [2.05, 4.69) is 10.2 Å². The molecule has 1 fully saturated rings. The lowest BCUT2D eigenvalue weighted by molar-refractivity contribution is 0.0737. The molecule has 0 atom stereocenters. The Morgan fingerprint density at radius 1 is 1.24 bits per heavy atom. The average molecular weight is 236 g/mol. The van der Waals surface area contributed by atoms with Gasteiger partial charge < -0.3 is 10.6 Å². The molecule has 0 saturated carbocycles. The first-order valence-electron chi connectivity index (χ1n) is 6.30. The third kappa shape index (κ3) is 2.60. The number of nitrogen functional groups attached to an aromatic ring is 1. The lowest BCUT2D eigenvalue weighted by atomic mass is 10.1. The second-order valence-corrected chi connectivity index (χ2v) is 4.67. The van der Waals surface area contributed by atoms with E-state index in [4.69, 9.17) is 5.73 Å². The minimum Gasteiger partial charge on any atom is -0.395 e. The van der Waals surface area contributed by atoms with Crippen LogP contribution in [0.15, 0.2) is 0 Å². The molecule has 1 aromatic rings. The second kappa shape index (κ2) is 5.21. The van der Waals surface area contributed by atoms with Gasteiger partial charge in [-0.05, 0) is 19.8 Å². The van der Waals surface area contributed by atoms with E-state index in [1.165, 1.54) is 19.3 Å². The number of nitrogens with two attached hydrogens (primary N) is 1. The van der Waals surface area contributed by atoms with E-state index in [1.807, 2.05) is 11.8 Å². The quantitative estimate of drug-likeness (QED) is 0.779. The fourth-order valence-electron chi connectivity index (χ4n) is 2.20. The standard InChI is InChI=1S/C12H20N4O/c1-9-10(13)11(15-14-9)12(17)16-7-5-3-2-4-6-8-16/h2-8,13H2,1H3,(H,14,15). The number of H-pyrrole nitrogens is 1. The number of aryl methyl sites for hydroxylation is 1. The summed E-state index contributed by atoms with van der Waals surface area (Å²) in [6.07, 6.45) is 5.85. The maximum atomic E-state index is 12.3. The summed E-state index contributed by atoms with van der Waals surface area (Å²) in [7, 11) is 0. The van der Waals surface area contributed by atoms with Crippen molar-refractivity contribution in [3.05, 3.63) is 11.4 Å². The van der Waals surface area contributed by atoms with Crippen molar-refractivity contribution in [2.75, 3.05) is 18.8 Å². The van der Waals surface area contributed by atoms with Crippen molar-refractivity contribution in [1.29, 1.82) is 0 Å². The van der Waals surface area contributed by atoms with Crippen molar-refractivity contribution in [1.82, 2.24) is 15.1 Å². The van der Waals surface area contributed by atoms with E-state index in [-0.39, 0.29) is 5.91 Å². The molecule has 3 N–H and O–H groups in total. The Hall–Kier alpha value is -1.52. The highest BCUT2D eigenvalue weighted by molar-refractivity contribution is 5.97. The second-order valence-electron chi connectivity index (χ2n) is 4.67. The number of aromatic amines is 1. The number of anilines is 1. The molecule has 2 heterocycles. The van der Waals surface area contributed by atoms with Gasteiger partial charge in [-0.1, -0.05) is 19.3 Å². The van der Waals surface area contributed by atoms with Crippen LogP contribution in [0.3, 0.4) is 0 Å². The smallest absolute Gasteiger partial charge is 0.276 e. The summed E-state index contributed by atoms with van der Waals surface area (Å²) >= 11 is 0. The molecule has 0 aromatic carbocycles. The van der Waals surface area contributed by atoms with Crippen LogP contribution in [0, 0.1) is 6.92 Å². The first-order chi connectivity index (χ1) is 8.20. The number of hydrogen-bond donors (Lipinski definition) is 2. The Balaban J connectivity index is 2.10. The lowest BCUT2D eigenvalue weighted by Gasteiger charge is -2.24. The predicted molar refractivity (Wildman–Crippen MR) is 66.7 cm³/mol. The number of aromatic nitrogens is 2. The molecule has 0 radical (unpaired) electrons. The number of carbonyl (C=O) groups excluding carboxylic acids is 1. The molecule has 5 nitrogen and oxygen atoms in total. The van der Waals surface area contributed by atoms with Crippen LogP contribution in [0.1, 0.15) is 48.3 Å². The van der Waals surface area contributed by atoms with Gasteiger partial charge in [0, 0.05) is 13.1 Å². The van der Waals surface area contributed by atoms with Crippen LogP contribution in [-0.4, -0.2) is 34.1 Å². The molecule has 94 valence electrons. The van der Waals surface area contributed by atoms with Crippen LogP contribution >= 0.6 is 0 Å². The van der Waals surface area contributed by atoms with Crippen molar-refractivity contribution >= 4 is 11.6 Å². The van der Waals surface area contributed by atoms with Crippen molar-refractivity contribution in [2.45, 2.75) is 39.0 Å². The van der Waals surface area contributed by atoms with E-state index < -0.39 is 0 Å². The summed E-state index contributed by atoms with van der Waals surface area (Å²) in [5.41, 5.74) is 7.46. The summed E-state index contributed by atoms with van der Waals surface area (Å²) < 4.78 is 0. The predicted octanol–water partition coefficient (Wildman–Crippen LogP) is 1.71. The van der Waals surface area contributed by atoms with E-state index >= 15 is 0 Å². The molecular weight excluding hydrogens is 216 g/mol. The van der Waals surface area contributed by atoms with Gasteiger partial charge in [-0.15, -0.1) is 0 Å². The molecule has 1 aliphatic heterocycles. The van der Waals surface area contributed by atoms with Gasteiger partial charge in [0.15, 0.2) is 5.69 Å². The molecule has 0 aliphatic carbocycles. The van der Waals surface area contributed by atoms with Gasteiger partial charge in [0.05, 0.1) is 11.4 Å². The minimum absolute atomic E-state index is 0.0336. The molecule has 1 aromatic heterocycles. The summed E-state index contributed by atoms with van der Waals surface area (Å²) in [6.45, 7) is 3.47. The van der Waals surface area contributed by atoms with Crippen molar-refractivity contribution in [3.8, 4) is 0 Å². The van der Waals surface area contributed by atoms with E-state index in [0.29, 0.717) is 11.4 Å². The van der Waals surface area contributed by atoms with Gasteiger partial charge in [0.2, 0.25) is 0 Å². The zero-order chi connectivity index (χ0) is 12.3. The SMILES string of the molecule is Cc1[nH]nc(C(=O)N2CCCCCCC2)c1N. The molecule has 0 spiro atoms. The average Bonchev–Trinajstić information content (AvgIpc) is 2.58. The summed E-state index contributed by atoms with van der Waals surface area (Å²) in [5.74, 6) is -0.0336. The molecule has 1 saturated heterocycles. The first kappa shape index (κ1) is 12.0. The van der Waals surface area contributed by atoms with E-state index in [1.54, 1.807) is 0 Å². The maximum absolute atomic E-state index is 12.3. The number of hydrogen-bond acceptors (Lipinski definition) is 3. The fraction of sp³-hybridized carbons (Fsp3) is 0.667. The van der Waals surface area contributed by atoms with Crippen molar-refractivity contribution in [3.63, 3.8) is 0 Å². The third-order valence-corrected chi connectivity index (χ3v) is 3.34. The van der Waals surface area contributed by atoms with Gasteiger partial charge in [-0.25, -0.2) is 0 Å². The number of carbonyl (C=O) groups is 1. The number of nitrogens with zero attached hydrogens (tertiary/aromatic N) is 2. The van der Waals surface area contributed by atoms with Gasteiger partial charge >= 0.3 is 0 Å². The van der Waals surface area contributed by atoms with Gasteiger partial charge in [-0.2, -0.15) is 5.10 Å². The van der Waals surface area contributed by atoms with Gasteiger partial charge in [0.25, 0.3) is 5.91 Å². The van der Waals surface area contributed by atoms with Crippen LogP contribution in [0.25, 0.3) is 0 Å². The zero-order valence-electron chi connectivity index (χ0n) is 10.3. The molecule has 1 aliphatic rings. The first-order valence-corrected chi connectivity index (χ1v) is 6.30. The number of likely N-dealkylation sites (tertiary alicyclic amines) is 1. The van der Waals surface area contributed by atoms with Crippen molar-refractivity contribution in [2.24, 2.45) is 0 Å². The van der Waals surface area contributed by atoms with E-state index in [0.717, 1.165) is 31.6 Å². The maximum Gasteiger partial charge on any atom is 0.276 e. The number of amides is 1. The normalized spacial score (nSPS) is 17.6. The molecule has 5 heteroatoms. The molecule has 2 rings (SSSR count). The molecular formula is C12H20N4O. The highest BCUT2D eigenvalue weighted by Gasteiger charge is 2.21. The highest BCUT2D eigenvalue weighted by atomic mass is 16.2. The Morgan fingerprint density at radius 2 is 1.82 bits per heavy atom. The monoisotopic (exact) mass is 236 g/mol. The summed E-state index contributed by atoms with van der Waals surface area (Å²) in [6, 6.07) is 0. The summed E-state index contributed by atoms with van der Waals surface area (Å²) in [4.78, 5) is 14.1. The van der Waals surface area contributed by atoms with Crippen LogP contribution in [0.2, 0.25) is 0 Å². The van der Waals surface area contributed by atoms with Gasteiger partial charge in [-0.3, -0.25) is 9.89 Å². The Bertz CT molecular complexity index is 391. The minimum atomic E-state index is -0.0336. The van der Waals surface area contributed by atoms with E-state index in [9.17, 15) is 4.79 Å². The van der Waals surface area contributed by atoms with Crippen molar-refractivity contribution < 1.29 is 4.79 Å². The third-order valence-electron chi connectivity index (χ3n) is 3.34. The van der Waals surface area contributed by atoms with Crippen LogP contribution in [0.5, 0.6) is 0 Å². The molecule has 17 heavy (non-hydrogen) atoms. The van der Waals surface area contributed by atoms with Crippen LogP contribution in [0.4, 0.5) is 5.69 Å².